The number of rotatable bonds is 6. The van der Waals surface area contributed by atoms with Gasteiger partial charge in [0.15, 0.2) is 0 Å². The molecule has 0 aliphatic carbocycles. The largest absolute Gasteiger partial charge is 0.471 e. The van der Waals surface area contributed by atoms with Crippen molar-refractivity contribution in [2.24, 2.45) is 0 Å². The first-order chi connectivity index (χ1) is 14.1. The van der Waals surface area contributed by atoms with Gasteiger partial charge in [-0.3, -0.25) is 0 Å². The third-order valence-corrected chi connectivity index (χ3v) is 5.37. The summed E-state index contributed by atoms with van der Waals surface area (Å²) in [5.41, 5.74) is 1.74. The number of aliphatic hydroxyl groups excluding tert-OH is 1. The Morgan fingerprint density at radius 3 is 2.69 bits per heavy atom. The summed E-state index contributed by atoms with van der Waals surface area (Å²) in [7, 11) is 0. The molecule has 0 radical (unpaired) electrons. The van der Waals surface area contributed by atoms with E-state index in [4.69, 9.17) is 32.7 Å². The first kappa shape index (κ1) is 19.8. The van der Waals surface area contributed by atoms with Crippen LogP contribution in [0, 0.1) is 0 Å². The van der Waals surface area contributed by atoms with Gasteiger partial charge in [-0.2, -0.15) is 0 Å². The normalized spacial score (nSPS) is 16.1. The van der Waals surface area contributed by atoms with Crippen molar-refractivity contribution < 1.29 is 14.6 Å². The molecule has 1 aromatic heterocycles. The number of ether oxygens (including phenoxy) is 2. The minimum atomic E-state index is -0.0941. The number of nitrogens with zero attached hydrogens (tertiary/aromatic N) is 2. The van der Waals surface area contributed by atoms with Gasteiger partial charge in [-0.15, -0.1) is 0 Å². The third kappa shape index (κ3) is 4.58. The van der Waals surface area contributed by atoms with E-state index in [9.17, 15) is 5.11 Å². The van der Waals surface area contributed by atoms with Crippen LogP contribution in [0.15, 0.2) is 60.8 Å². The predicted molar refractivity (Wildman–Crippen MR) is 114 cm³/mol. The molecule has 150 valence electrons. The molecule has 0 spiro atoms. The lowest BCUT2D eigenvalue weighted by atomic mass is 10.1. The summed E-state index contributed by atoms with van der Waals surface area (Å²) < 4.78 is 11.8. The van der Waals surface area contributed by atoms with Gasteiger partial charge in [-0.1, -0.05) is 35.3 Å². The molecule has 2 heterocycles. The van der Waals surface area contributed by atoms with E-state index in [2.05, 4.69) is 9.88 Å². The second-order valence-corrected chi connectivity index (χ2v) is 7.56. The maximum atomic E-state index is 9.89. The van der Waals surface area contributed by atoms with E-state index in [0.29, 0.717) is 34.0 Å². The molecule has 1 unspecified atom stereocenters. The lowest BCUT2D eigenvalue weighted by Crippen LogP contribution is -2.25. The van der Waals surface area contributed by atoms with Crippen molar-refractivity contribution in [3.63, 3.8) is 0 Å². The number of halogens is 2. The Labute approximate surface area is 179 Å². The summed E-state index contributed by atoms with van der Waals surface area (Å²) >= 11 is 12.3. The number of hydrogen-bond acceptors (Lipinski definition) is 5. The van der Waals surface area contributed by atoms with E-state index in [0.717, 1.165) is 24.2 Å². The van der Waals surface area contributed by atoms with Crippen molar-refractivity contribution >= 4 is 28.9 Å². The molecule has 0 amide bonds. The third-order valence-electron chi connectivity index (χ3n) is 4.77. The number of benzene rings is 2. The molecule has 1 fully saturated rings. The maximum Gasteiger partial charge on any atom is 0.232 e. The highest BCUT2D eigenvalue weighted by Crippen LogP contribution is 2.34. The fourth-order valence-electron chi connectivity index (χ4n) is 3.37. The van der Waals surface area contributed by atoms with Crippen LogP contribution < -0.4 is 14.4 Å². The van der Waals surface area contributed by atoms with E-state index >= 15 is 0 Å². The van der Waals surface area contributed by atoms with Crippen molar-refractivity contribution in [3.8, 4) is 17.4 Å². The van der Waals surface area contributed by atoms with Gasteiger partial charge in [-0.05, 0) is 42.5 Å². The highest BCUT2D eigenvalue weighted by atomic mass is 35.5. The smallest absolute Gasteiger partial charge is 0.232 e. The fourth-order valence-corrected chi connectivity index (χ4v) is 3.71. The van der Waals surface area contributed by atoms with Gasteiger partial charge in [0.1, 0.15) is 22.6 Å². The average molecular weight is 431 g/mol. The van der Waals surface area contributed by atoms with Crippen molar-refractivity contribution in [1.82, 2.24) is 4.98 Å². The minimum absolute atomic E-state index is 0.0204. The fraction of sp³-hybridized carbons (Fsp3) is 0.227. The topological polar surface area (TPSA) is 54.8 Å². The van der Waals surface area contributed by atoms with Crippen LogP contribution in [-0.4, -0.2) is 29.3 Å². The van der Waals surface area contributed by atoms with E-state index in [-0.39, 0.29) is 12.7 Å². The van der Waals surface area contributed by atoms with E-state index in [1.165, 1.54) is 0 Å². The predicted octanol–water partition coefficient (Wildman–Crippen LogP) is 5.33. The number of anilines is 1. The molecule has 1 atom stereocenters. The lowest BCUT2D eigenvalue weighted by Gasteiger charge is -2.22. The number of para-hydroxylation sites is 1. The summed E-state index contributed by atoms with van der Waals surface area (Å²) in [5, 5.41) is 10.9. The molecule has 1 aliphatic rings. The molecule has 7 heteroatoms. The zero-order valence-electron chi connectivity index (χ0n) is 15.6. The van der Waals surface area contributed by atoms with Crippen molar-refractivity contribution in [2.75, 3.05) is 18.0 Å². The monoisotopic (exact) mass is 430 g/mol. The van der Waals surface area contributed by atoms with Crippen LogP contribution in [-0.2, 0) is 6.61 Å². The summed E-state index contributed by atoms with van der Waals surface area (Å²) in [4.78, 5) is 6.38. The van der Waals surface area contributed by atoms with Crippen LogP contribution >= 0.6 is 23.2 Å². The van der Waals surface area contributed by atoms with Gasteiger partial charge in [0.05, 0.1) is 18.2 Å². The molecule has 0 bridgehead atoms. The Hall–Kier alpha value is -2.47. The molecule has 0 saturated carbocycles. The van der Waals surface area contributed by atoms with Crippen molar-refractivity contribution in [3.05, 3.63) is 76.4 Å². The molecule has 4 rings (SSSR count). The summed E-state index contributed by atoms with van der Waals surface area (Å²) in [5.74, 6) is 1.65. The number of pyridine rings is 1. The first-order valence-corrected chi connectivity index (χ1v) is 10.1. The van der Waals surface area contributed by atoms with Crippen LogP contribution in [0.4, 0.5) is 5.69 Å². The van der Waals surface area contributed by atoms with Gasteiger partial charge >= 0.3 is 0 Å². The Kier molecular flexibility index (Phi) is 6.09. The summed E-state index contributed by atoms with van der Waals surface area (Å²) in [6.45, 7) is 1.40. The van der Waals surface area contributed by atoms with Crippen LogP contribution in [0.3, 0.4) is 0 Å². The molecular formula is C22H20Cl2N2O3. The van der Waals surface area contributed by atoms with Gasteiger partial charge in [-0.25, -0.2) is 4.98 Å². The van der Waals surface area contributed by atoms with Gasteiger partial charge in [0, 0.05) is 30.4 Å². The lowest BCUT2D eigenvalue weighted by molar-refractivity contribution is 0.216. The molecule has 5 nitrogen and oxygen atoms in total. The molecular weight excluding hydrogens is 411 g/mol. The van der Waals surface area contributed by atoms with E-state index < -0.39 is 0 Å². The van der Waals surface area contributed by atoms with Gasteiger partial charge in [0.25, 0.3) is 0 Å². The Morgan fingerprint density at radius 2 is 1.90 bits per heavy atom. The minimum Gasteiger partial charge on any atom is -0.471 e. The highest BCUT2D eigenvalue weighted by molar-refractivity contribution is 6.32. The quantitative estimate of drug-likeness (QED) is 0.572. The molecule has 3 aromatic rings. The standard InChI is InChI=1S/C22H20Cl2N2O3/c23-18-4-1-2-6-21(18)28-16-7-8-20(15(12-16)14-27)26-11-9-17(13-26)29-22-19(24)5-3-10-25-22/h1-8,10,12,17,27H,9,11,13-14H2. The molecule has 1 aliphatic heterocycles. The van der Waals surface area contributed by atoms with Crippen LogP contribution in [0.2, 0.25) is 10.0 Å². The van der Waals surface area contributed by atoms with Crippen LogP contribution in [0.5, 0.6) is 17.4 Å². The van der Waals surface area contributed by atoms with Gasteiger partial charge in [0.2, 0.25) is 5.88 Å². The second kappa shape index (κ2) is 8.91. The second-order valence-electron chi connectivity index (χ2n) is 6.75. The van der Waals surface area contributed by atoms with Crippen LogP contribution in [0.25, 0.3) is 0 Å². The van der Waals surface area contributed by atoms with Crippen molar-refractivity contribution in [1.29, 1.82) is 0 Å². The van der Waals surface area contributed by atoms with E-state index in [1.807, 2.05) is 30.3 Å². The zero-order chi connectivity index (χ0) is 20.2. The number of aliphatic hydroxyl groups is 1. The number of hydrogen-bond donors (Lipinski definition) is 1. The van der Waals surface area contributed by atoms with Crippen molar-refractivity contribution in [2.45, 2.75) is 19.1 Å². The molecule has 2 aromatic carbocycles. The summed E-state index contributed by atoms with van der Waals surface area (Å²) in [6, 6.07) is 16.5. The SMILES string of the molecule is OCc1cc(Oc2ccccc2Cl)ccc1N1CCC(Oc2ncccc2Cl)C1. The maximum absolute atomic E-state index is 9.89. The molecule has 1 saturated heterocycles. The number of aromatic nitrogens is 1. The Bertz CT molecular complexity index is 999. The average Bonchev–Trinajstić information content (AvgIpc) is 3.19. The highest BCUT2D eigenvalue weighted by Gasteiger charge is 2.26. The first-order valence-electron chi connectivity index (χ1n) is 9.32. The molecule has 1 N–H and O–H groups in total. The van der Waals surface area contributed by atoms with E-state index in [1.54, 1.807) is 30.5 Å². The summed E-state index contributed by atoms with van der Waals surface area (Å²) in [6.07, 6.45) is 2.48. The van der Waals surface area contributed by atoms with Gasteiger partial charge < -0.3 is 19.5 Å². The Morgan fingerprint density at radius 1 is 1.07 bits per heavy atom. The Balaban J connectivity index is 1.47. The van der Waals surface area contributed by atoms with Crippen LogP contribution in [0.1, 0.15) is 12.0 Å². The zero-order valence-corrected chi connectivity index (χ0v) is 17.1. The molecule has 29 heavy (non-hydrogen) atoms.